The van der Waals surface area contributed by atoms with Crippen molar-refractivity contribution in [1.29, 1.82) is 0 Å². The Hall–Kier alpha value is -1.24. The Morgan fingerprint density at radius 1 is 1.14 bits per heavy atom. The molecule has 14 heavy (non-hydrogen) atoms. The number of allylic oxidation sites excluding steroid dienone is 1. The summed E-state index contributed by atoms with van der Waals surface area (Å²) in [6.07, 6.45) is 4.41. The number of hydrogen-bond donors (Lipinski definition) is 0. The fourth-order valence-corrected chi connectivity index (χ4v) is 1.31. The normalized spacial score (nSPS) is 9.57. The molecule has 1 aromatic rings. The van der Waals surface area contributed by atoms with Gasteiger partial charge < -0.3 is 4.74 Å². The molecule has 1 nitrogen and oxygen atoms in total. The number of benzene rings is 1. The highest BCUT2D eigenvalue weighted by molar-refractivity contribution is 5.21. The van der Waals surface area contributed by atoms with Crippen LogP contribution in [0.2, 0.25) is 0 Å². The average molecular weight is 190 g/mol. The molecular weight excluding hydrogens is 172 g/mol. The fourth-order valence-electron chi connectivity index (χ4n) is 1.31. The first-order valence-electron chi connectivity index (χ1n) is 5.22. The number of para-hydroxylation sites is 1. The van der Waals surface area contributed by atoms with E-state index in [0.29, 0.717) is 6.61 Å². The van der Waals surface area contributed by atoms with Crippen LogP contribution < -0.4 is 4.74 Å². The largest absolute Gasteiger partial charge is 0.490 e. The molecule has 0 atom stereocenters. The van der Waals surface area contributed by atoms with Crippen LogP contribution in [0.4, 0.5) is 0 Å². The van der Waals surface area contributed by atoms with Crippen molar-refractivity contribution in [3.8, 4) is 5.75 Å². The van der Waals surface area contributed by atoms with E-state index in [9.17, 15) is 0 Å². The molecule has 0 aliphatic carbocycles. The van der Waals surface area contributed by atoms with Gasteiger partial charge in [-0.2, -0.15) is 0 Å². The second-order valence-electron chi connectivity index (χ2n) is 3.19. The molecular formula is C13H18O. The van der Waals surface area contributed by atoms with Crippen molar-refractivity contribution in [2.24, 2.45) is 0 Å². The molecule has 0 amide bonds. The van der Waals surface area contributed by atoms with Gasteiger partial charge in [-0.1, -0.05) is 37.6 Å². The van der Waals surface area contributed by atoms with E-state index < -0.39 is 0 Å². The van der Waals surface area contributed by atoms with E-state index in [1.165, 1.54) is 5.57 Å². The van der Waals surface area contributed by atoms with E-state index >= 15 is 0 Å². The van der Waals surface area contributed by atoms with Gasteiger partial charge in [-0.15, -0.1) is 0 Å². The quantitative estimate of drug-likeness (QED) is 0.641. The fraction of sp³-hybridized carbons (Fsp3) is 0.385. The Kier molecular flexibility index (Phi) is 4.84. The molecule has 1 heteroatoms. The van der Waals surface area contributed by atoms with Crippen LogP contribution in [0.1, 0.15) is 26.7 Å². The van der Waals surface area contributed by atoms with Crippen LogP contribution in [0.25, 0.3) is 0 Å². The lowest BCUT2D eigenvalue weighted by molar-refractivity contribution is 0.361. The maximum Gasteiger partial charge on any atom is 0.119 e. The lowest BCUT2D eigenvalue weighted by Crippen LogP contribution is -1.94. The summed E-state index contributed by atoms with van der Waals surface area (Å²) in [5.41, 5.74) is 1.46. The van der Waals surface area contributed by atoms with E-state index in [-0.39, 0.29) is 0 Å². The topological polar surface area (TPSA) is 9.23 Å². The first-order valence-corrected chi connectivity index (χ1v) is 5.22. The Morgan fingerprint density at radius 3 is 2.36 bits per heavy atom. The van der Waals surface area contributed by atoms with E-state index in [1.807, 2.05) is 30.3 Å². The van der Waals surface area contributed by atoms with Gasteiger partial charge in [-0.05, 0) is 31.1 Å². The third-order valence-corrected chi connectivity index (χ3v) is 2.27. The molecule has 1 aromatic carbocycles. The number of rotatable bonds is 5. The van der Waals surface area contributed by atoms with E-state index in [0.717, 1.165) is 18.6 Å². The van der Waals surface area contributed by atoms with Crippen molar-refractivity contribution in [3.63, 3.8) is 0 Å². The predicted molar refractivity (Wildman–Crippen MR) is 60.6 cm³/mol. The lowest BCUT2D eigenvalue weighted by atomic mass is 10.1. The standard InChI is InChI=1S/C13H18O/c1-3-12(4-2)10-11-14-13-8-6-5-7-9-13/h5-10H,3-4,11H2,1-2H3. The van der Waals surface area contributed by atoms with E-state index in [4.69, 9.17) is 4.74 Å². The zero-order valence-electron chi connectivity index (χ0n) is 8.99. The van der Waals surface area contributed by atoms with Gasteiger partial charge in [0.1, 0.15) is 12.4 Å². The molecule has 1 rings (SSSR count). The van der Waals surface area contributed by atoms with Crippen LogP contribution >= 0.6 is 0 Å². The summed E-state index contributed by atoms with van der Waals surface area (Å²) in [6.45, 7) is 5.04. The summed E-state index contributed by atoms with van der Waals surface area (Å²) in [6, 6.07) is 9.92. The van der Waals surface area contributed by atoms with Crippen LogP contribution in [0.5, 0.6) is 5.75 Å². The highest BCUT2D eigenvalue weighted by Gasteiger charge is 1.91. The van der Waals surface area contributed by atoms with Gasteiger partial charge in [-0.25, -0.2) is 0 Å². The van der Waals surface area contributed by atoms with Gasteiger partial charge in [-0.3, -0.25) is 0 Å². The molecule has 76 valence electrons. The van der Waals surface area contributed by atoms with Gasteiger partial charge >= 0.3 is 0 Å². The third-order valence-electron chi connectivity index (χ3n) is 2.27. The third kappa shape index (κ3) is 3.65. The van der Waals surface area contributed by atoms with Crippen molar-refractivity contribution in [2.45, 2.75) is 26.7 Å². The van der Waals surface area contributed by atoms with Crippen LogP contribution in [0.3, 0.4) is 0 Å². The highest BCUT2D eigenvalue weighted by atomic mass is 16.5. The second kappa shape index (κ2) is 6.25. The Bertz CT molecular complexity index is 269. The van der Waals surface area contributed by atoms with Gasteiger partial charge in [0, 0.05) is 0 Å². The minimum atomic E-state index is 0.682. The van der Waals surface area contributed by atoms with Crippen LogP contribution in [-0.4, -0.2) is 6.61 Å². The van der Waals surface area contributed by atoms with Crippen LogP contribution in [-0.2, 0) is 0 Å². The zero-order chi connectivity index (χ0) is 10.2. The van der Waals surface area contributed by atoms with Gasteiger partial charge in [0.2, 0.25) is 0 Å². The molecule has 0 aliphatic heterocycles. The highest BCUT2D eigenvalue weighted by Crippen LogP contribution is 2.09. The molecule has 0 saturated heterocycles. The summed E-state index contributed by atoms with van der Waals surface area (Å²) in [7, 11) is 0. The van der Waals surface area contributed by atoms with Crippen molar-refractivity contribution < 1.29 is 4.74 Å². The molecule has 0 N–H and O–H groups in total. The molecule has 0 aromatic heterocycles. The summed E-state index contributed by atoms with van der Waals surface area (Å²) in [5.74, 6) is 0.940. The maximum absolute atomic E-state index is 5.56. The average Bonchev–Trinajstić information content (AvgIpc) is 2.26. The number of ether oxygens (including phenoxy) is 1. The summed E-state index contributed by atoms with van der Waals surface area (Å²) >= 11 is 0. The molecule has 0 saturated carbocycles. The van der Waals surface area contributed by atoms with Gasteiger partial charge in [0.05, 0.1) is 0 Å². The SMILES string of the molecule is CCC(=CCOc1ccccc1)CC. The first kappa shape index (κ1) is 10.8. The van der Waals surface area contributed by atoms with Crippen LogP contribution in [0, 0.1) is 0 Å². The van der Waals surface area contributed by atoms with E-state index in [2.05, 4.69) is 19.9 Å². The minimum absolute atomic E-state index is 0.682. The van der Waals surface area contributed by atoms with Crippen molar-refractivity contribution in [3.05, 3.63) is 42.0 Å². The molecule has 0 aliphatic rings. The molecule has 0 spiro atoms. The van der Waals surface area contributed by atoms with Gasteiger partial charge in [0.15, 0.2) is 0 Å². The smallest absolute Gasteiger partial charge is 0.119 e. The predicted octanol–water partition coefficient (Wildman–Crippen LogP) is 3.81. The van der Waals surface area contributed by atoms with Crippen LogP contribution in [0.15, 0.2) is 42.0 Å². The Balaban J connectivity index is 2.38. The van der Waals surface area contributed by atoms with Crippen molar-refractivity contribution in [1.82, 2.24) is 0 Å². The summed E-state index contributed by atoms with van der Waals surface area (Å²) < 4.78 is 5.56. The molecule has 0 heterocycles. The first-order chi connectivity index (χ1) is 6.86. The summed E-state index contributed by atoms with van der Waals surface area (Å²) in [4.78, 5) is 0. The Labute approximate surface area is 86.4 Å². The summed E-state index contributed by atoms with van der Waals surface area (Å²) in [5, 5.41) is 0. The number of hydrogen-bond acceptors (Lipinski definition) is 1. The van der Waals surface area contributed by atoms with Crippen molar-refractivity contribution in [2.75, 3.05) is 6.61 Å². The molecule has 0 unspecified atom stereocenters. The molecule has 0 fully saturated rings. The minimum Gasteiger partial charge on any atom is -0.490 e. The Morgan fingerprint density at radius 2 is 1.79 bits per heavy atom. The second-order valence-corrected chi connectivity index (χ2v) is 3.19. The maximum atomic E-state index is 5.56. The molecule has 0 radical (unpaired) electrons. The monoisotopic (exact) mass is 190 g/mol. The molecule has 0 bridgehead atoms. The lowest BCUT2D eigenvalue weighted by Gasteiger charge is -2.04. The van der Waals surface area contributed by atoms with E-state index in [1.54, 1.807) is 0 Å². The zero-order valence-corrected chi connectivity index (χ0v) is 8.99. The van der Waals surface area contributed by atoms with Crippen molar-refractivity contribution >= 4 is 0 Å². The van der Waals surface area contributed by atoms with Gasteiger partial charge in [0.25, 0.3) is 0 Å².